The van der Waals surface area contributed by atoms with Gasteiger partial charge in [-0.2, -0.15) is 0 Å². The highest BCUT2D eigenvalue weighted by Gasteiger charge is 2.41. The molecule has 54 heavy (non-hydrogen) atoms. The van der Waals surface area contributed by atoms with Gasteiger partial charge in [0.2, 0.25) is 11.8 Å². The van der Waals surface area contributed by atoms with Crippen LogP contribution in [0.25, 0.3) is 0 Å². The van der Waals surface area contributed by atoms with Crippen LogP contribution in [0.5, 0.6) is 5.75 Å². The Kier molecular flexibility index (Phi) is 24.1. The number of nitrogens with zero attached hydrogens (tertiary/aromatic N) is 2. The largest absolute Gasteiger partial charge is 0.490 e. The summed E-state index contributed by atoms with van der Waals surface area (Å²) in [6, 6.07) is 11.9. The van der Waals surface area contributed by atoms with Crippen molar-refractivity contribution in [2.75, 3.05) is 69.8 Å². The average Bonchev–Trinajstić information content (AvgIpc) is 3.35. The summed E-state index contributed by atoms with van der Waals surface area (Å²) in [5.74, 6) is 1.96. The molecule has 1 spiro atoms. The van der Waals surface area contributed by atoms with Crippen LogP contribution < -0.4 is 25.6 Å². The lowest BCUT2D eigenvalue weighted by Crippen LogP contribution is -2.46. The Morgan fingerprint density at radius 3 is 2.56 bits per heavy atom. The Labute approximate surface area is 336 Å². The van der Waals surface area contributed by atoms with Gasteiger partial charge in [-0.1, -0.05) is 85.3 Å². The second kappa shape index (κ2) is 27.3. The van der Waals surface area contributed by atoms with Gasteiger partial charge in [0.05, 0.1) is 32.1 Å². The number of morpholine rings is 1. The smallest absolute Gasteiger partial charge is 0.248 e. The number of carbonyl (C=O) groups is 2. The summed E-state index contributed by atoms with van der Waals surface area (Å²) < 4.78 is 14.5. The number of allylic oxidation sites excluding steroid dienone is 2. The summed E-state index contributed by atoms with van der Waals surface area (Å²) >= 11 is 7.88. The molecule has 0 aromatic heterocycles. The molecular formula is C41H67ClN5O5PS. The predicted molar refractivity (Wildman–Crippen MR) is 231 cm³/mol. The van der Waals surface area contributed by atoms with Crippen molar-refractivity contribution in [1.29, 1.82) is 0 Å². The molecule has 2 aliphatic heterocycles. The summed E-state index contributed by atoms with van der Waals surface area (Å²) in [5, 5.41) is 9.32. The molecule has 6 N–H and O–H groups in total. The number of carbonyl (C=O) groups excluding carboxylic acids is 2. The van der Waals surface area contributed by atoms with Gasteiger partial charge in [0.15, 0.2) is 0 Å². The second-order valence-corrected chi connectivity index (χ2v) is 14.8. The average molecular weight is 809 g/mol. The van der Waals surface area contributed by atoms with Crippen LogP contribution in [0.4, 0.5) is 5.69 Å². The number of fused-ring (bicyclic) bond motifs is 3. The molecule has 2 aromatic rings. The van der Waals surface area contributed by atoms with E-state index < -0.39 is 5.91 Å². The molecule has 0 bridgehead atoms. The number of primary amides is 1. The van der Waals surface area contributed by atoms with Crippen LogP contribution >= 0.6 is 32.9 Å². The third-order valence-electron chi connectivity index (χ3n) is 9.99. The maximum Gasteiger partial charge on any atom is 0.248 e. The van der Waals surface area contributed by atoms with E-state index in [1.165, 1.54) is 23.1 Å². The fourth-order valence-corrected chi connectivity index (χ4v) is 7.89. The Bertz CT molecular complexity index is 1410. The number of ether oxygens (including phenoxy) is 2. The molecule has 3 atom stereocenters. The lowest BCUT2D eigenvalue weighted by molar-refractivity contribution is -0.118. The number of anilines is 1. The first kappa shape index (κ1) is 47.8. The number of unbranched alkanes of at least 4 members (excludes halogenated alkanes) is 1. The molecule has 0 saturated carbocycles. The van der Waals surface area contributed by atoms with E-state index in [1.807, 2.05) is 48.4 Å². The third-order valence-corrected chi connectivity index (χ3v) is 11.1. The minimum absolute atomic E-state index is 0.0868. The van der Waals surface area contributed by atoms with Crippen molar-refractivity contribution in [1.82, 2.24) is 9.62 Å². The molecule has 2 amide bonds. The van der Waals surface area contributed by atoms with E-state index in [1.54, 1.807) is 6.07 Å². The molecule has 2 heterocycles. The monoisotopic (exact) mass is 807 g/mol. The Hall–Kier alpha value is -2.37. The van der Waals surface area contributed by atoms with Crippen molar-refractivity contribution < 1.29 is 24.2 Å². The Morgan fingerprint density at radius 1 is 1.11 bits per heavy atom. The highest BCUT2D eigenvalue weighted by atomic mass is 35.5. The van der Waals surface area contributed by atoms with Crippen LogP contribution in [-0.4, -0.2) is 86.7 Å². The number of amides is 2. The number of aliphatic hydroxyl groups excluding tert-OH is 1. The molecule has 1 unspecified atom stereocenters. The summed E-state index contributed by atoms with van der Waals surface area (Å²) in [7, 11) is 1.92. The lowest BCUT2D eigenvalue weighted by atomic mass is 9.70. The highest BCUT2D eigenvalue weighted by Crippen LogP contribution is 2.44. The van der Waals surface area contributed by atoms with Crippen LogP contribution in [-0.2, 0) is 21.4 Å². The van der Waals surface area contributed by atoms with Gasteiger partial charge in [0.25, 0.3) is 0 Å². The minimum Gasteiger partial charge on any atom is -0.490 e. The maximum absolute atomic E-state index is 12.1. The number of aliphatic hydroxyl groups is 1. The van der Waals surface area contributed by atoms with Crippen LogP contribution in [0.3, 0.4) is 0 Å². The van der Waals surface area contributed by atoms with Crippen LogP contribution in [0, 0.1) is 5.92 Å². The molecule has 13 heteroatoms. The molecule has 1 fully saturated rings. The van der Waals surface area contributed by atoms with Crippen molar-refractivity contribution in [3.8, 4) is 5.75 Å². The number of hydrogen-bond donors (Lipinski definition) is 4. The predicted octanol–water partition coefficient (Wildman–Crippen LogP) is 7.30. The number of nitrogens with two attached hydrogens (primary N) is 2. The van der Waals surface area contributed by atoms with E-state index >= 15 is 0 Å². The molecule has 5 rings (SSSR count). The van der Waals surface area contributed by atoms with Gasteiger partial charge in [0, 0.05) is 60.9 Å². The van der Waals surface area contributed by atoms with E-state index in [-0.39, 0.29) is 17.9 Å². The third kappa shape index (κ3) is 15.6. The first-order valence-corrected chi connectivity index (χ1v) is 21.7. The van der Waals surface area contributed by atoms with Crippen LogP contribution in [0.1, 0.15) is 101 Å². The van der Waals surface area contributed by atoms with Gasteiger partial charge in [-0.3, -0.25) is 14.5 Å². The molecule has 2 aromatic carbocycles. The van der Waals surface area contributed by atoms with Crippen molar-refractivity contribution in [3.05, 3.63) is 70.3 Å². The first-order valence-electron chi connectivity index (χ1n) is 19.7. The van der Waals surface area contributed by atoms with Crippen LogP contribution in [0.15, 0.2) is 48.6 Å². The number of rotatable bonds is 15. The molecule has 304 valence electrons. The Morgan fingerprint density at radius 2 is 1.87 bits per heavy atom. The minimum atomic E-state index is -0.424. The van der Waals surface area contributed by atoms with Crippen molar-refractivity contribution in [2.24, 2.45) is 17.2 Å². The van der Waals surface area contributed by atoms with E-state index in [4.69, 9.17) is 31.9 Å². The topological polar surface area (TPSA) is 143 Å². The van der Waals surface area contributed by atoms with Crippen molar-refractivity contribution in [2.45, 2.75) is 90.9 Å². The molecule has 0 radical (unpaired) electrons. The zero-order chi connectivity index (χ0) is 39.8. The molecular weight excluding hydrogens is 741 g/mol. The number of aryl methyl sites for hydroxylation is 1. The lowest BCUT2D eigenvalue weighted by Gasteiger charge is -2.41. The van der Waals surface area contributed by atoms with E-state index in [2.05, 4.69) is 51.2 Å². The quantitative estimate of drug-likeness (QED) is 0.0631. The van der Waals surface area contributed by atoms with E-state index in [0.717, 1.165) is 120 Å². The number of benzene rings is 2. The molecule has 1 saturated heterocycles. The summed E-state index contributed by atoms with van der Waals surface area (Å²) in [6.45, 7) is 15.1. The zero-order valence-electron chi connectivity index (χ0n) is 33.1. The standard InChI is InChI=1S/C33H44ClN3O3S.C6H13NO2.C2H6.H4NP/c1-3-24(10-7-5-6-8-19-41-36-31(38)4-2)16-18-37-22-33(17-9-11-25-20-27(34)13-14-28(25)33)23-40-30-15-12-26(32(35)39)21-29(30)37;8-4-1-7-2-5-9-6-3-7;2*1-2/h5,7,12-15,20-21,24H,3-4,6,8-11,16-19,22-23H2,1-2H3,(H2,35,39)(H,36,38);8H,1-6H2;1-2H3;1-2H2/b7-5+;;;/t24-,33-;;;/m0.../s1. The Balaban J connectivity index is 0.000000664. The van der Waals surface area contributed by atoms with Gasteiger partial charge < -0.3 is 35.4 Å². The molecule has 1 aliphatic carbocycles. The van der Waals surface area contributed by atoms with Gasteiger partial charge in [0.1, 0.15) is 5.75 Å². The SMILES string of the molecule is CC.CCC(=O)NSCCC/C=C/C[C@H](CC)CCN1C[C@@]2(CCCc3cc(Cl)ccc32)COc2ccc(C(N)=O)cc21.NP.OCCN1CCOCC1. The number of nitrogens with one attached hydrogen (secondary N) is 1. The molecule has 10 nitrogen and oxygen atoms in total. The maximum atomic E-state index is 12.1. The van der Waals surface area contributed by atoms with Gasteiger partial charge in [-0.15, -0.1) is 0 Å². The van der Waals surface area contributed by atoms with Crippen LogP contribution in [0.2, 0.25) is 5.02 Å². The van der Waals surface area contributed by atoms with Crippen molar-refractivity contribution >= 4 is 50.4 Å². The van der Waals surface area contributed by atoms with Gasteiger partial charge >= 0.3 is 0 Å². The number of halogens is 1. The summed E-state index contributed by atoms with van der Waals surface area (Å²) in [4.78, 5) is 28.1. The summed E-state index contributed by atoms with van der Waals surface area (Å²) in [6.07, 6.45) is 13.6. The van der Waals surface area contributed by atoms with Gasteiger partial charge in [-0.25, -0.2) is 0 Å². The highest BCUT2D eigenvalue weighted by molar-refractivity contribution is 7.97. The normalized spacial score (nSPS) is 18.3. The second-order valence-electron chi connectivity index (χ2n) is 13.5. The summed E-state index contributed by atoms with van der Waals surface area (Å²) in [5.41, 5.74) is 14.1. The van der Waals surface area contributed by atoms with E-state index in [9.17, 15) is 9.59 Å². The molecule has 3 aliphatic rings. The van der Waals surface area contributed by atoms with Crippen molar-refractivity contribution in [3.63, 3.8) is 0 Å². The van der Waals surface area contributed by atoms with Gasteiger partial charge in [-0.05, 0) is 92.3 Å². The zero-order valence-corrected chi connectivity index (χ0v) is 35.9. The number of β-amino-alcohol motifs (C(OH)–C–C–N with tert-alkyl or cyclic N) is 1. The first-order chi connectivity index (χ1) is 26.3. The van der Waals surface area contributed by atoms with E-state index in [0.29, 0.717) is 24.5 Å². The number of hydrogen-bond acceptors (Lipinski definition) is 9. The fourth-order valence-electron chi connectivity index (χ4n) is 6.98. The fraction of sp³-hybridized carbons (Fsp3) is 0.610.